The van der Waals surface area contributed by atoms with Gasteiger partial charge in [0.15, 0.2) is 0 Å². The second-order valence-corrected chi connectivity index (χ2v) is 7.99. The van der Waals surface area contributed by atoms with Crippen LogP contribution in [0, 0.1) is 6.92 Å². The summed E-state index contributed by atoms with van der Waals surface area (Å²) in [6.45, 7) is 1.85. The van der Waals surface area contributed by atoms with E-state index in [-0.39, 0.29) is 27.4 Å². The van der Waals surface area contributed by atoms with Crippen molar-refractivity contribution in [1.29, 1.82) is 0 Å². The molecule has 3 aromatic rings. The molecule has 0 saturated heterocycles. The van der Waals surface area contributed by atoms with Crippen molar-refractivity contribution in [3.63, 3.8) is 0 Å². The lowest BCUT2D eigenvalue weighted by atomic mass is 10.1. The highest BCUT2D eigenvalue weighted by atomic mass is 32.2. The number of nitrogens with one attached hydrogen (secondary N) is 2. The van der Waals surface area contributed by atoms with Crippen LogP contribution < -0.4 is 10.0 Å². The van der Waals surface area contributed by atoms with Crippen molar-refractivity contribution in [3.8, 4) is 0 Å². The lowest BCUT2D eigenvalue weighted by Crippen LogP contribution is -2.18. The summed E-state index contributed by atoms with van der Waals surface area (Å²) < 4.78 is 27.8. The third-order valence-corrected chi connectivity index (χ3v) is 5.50. The highest BCUT2D eigenvalue weighted by Gasteiger charge is 2.19. The van der Waals surface area contributed by atoms with Crippen LogP contribution in [0.5, 0.6) is 0 Å². The van der Waals surface area contributed by atoms with E-state index in [1.54, 1.807) is 30.3 Å². The first-order chi connectivity index (χ1) is 13.8. The number of sulfonamides is 1. The Morgan fingerprint density at radius 3 is 2.28 bits per heavy atom. The molecule has 7 nitrogen and oxygen atoms in total. The molecule has 8 heteroatoms. The van der Waals surface area contributed by atoms with Gasteiger partial charge in [0.1, 0.15) is 0 Å². The number of carbonyl (C=O) groups excluding carboxylic acids is 1. The predicted molar refractivity (Wildman–Crippen MR) is 110 cm³/mol. The minimum absolute atomic E-state index is 0.0242. The molecule has 0 aliphatic rings. The van der Waals surface area contributed by atoms with Crippen molar-refractivity contribution >= 4 is 33.3 Å². The van der Waals surface area contributed by atoms with E-state index in [4.69, 9.17) is 5.11 Å². The predicted octanol–water partition coefficient (Wildman–Crippen LogP) is 3.75. The number of carbonyl (C=O) groups is 2. The molecule has 3 N–H and O–H groups in total. The summed E-state index contributed by atoms with van der Waals surface area (Å²) in [5.74, 6) is -1.69. The molecule has 0 fully saturated rings. The molecule has 3 aromatic carbocycles. The number of hydrogen-bond acceptors (Lipinski definition) is 4. The summed E-state index contributed by atoms with van der Waals surface area (Å²) in [4.78, 5) is 23.9. The number of aromatic carboxylic acids is 1. The van der Waals surface area contributed by atoms with Crippen LogP contribution in [0.1, 0.15) is 26.3 Å². The molecule has 0 unspecified atom stereocenters. The second-order valence-electron chi connectivity index (χ2n) is 6.30. The Morgan fingerprint density at radius 2 is 1.59 bits per heavy atom. The maximum atomic E-state index is 12.7. The molecule has 0 bridgehead atoms. The first kappa shape index (κ1) is 20.1. The molecule has 148 valence electrons. The third-order valence-electron chi connectivity index (χ3n) is 4.11. The Labute approximate surface area is 168 Å². The van der Waals surface area contributed by atoms with Crippen LogP contribution in [-0.4, -0.2) is 25.4 Å². The van der Waals surface area contributed by atoms with Crippen molar-refractivity contribution in [3.05, 3.63) is 89.5 Å². The largest absolute Gasteiger partial charge is 0.478 e. The number of para-hydroxylation sites is 1. The lowest BCUT2D eigenvalue weighted by molar-refractivity contribution is 0.0696. The highest BCUT2D eigenvalue weighted by molar-refractivity contribution is 7.92. The van der Waals surface area contributed by atoms with Crippen LogP contribution in [0.4, 0.5) is 11.4 Å². The van der Waals surface area contributed by atoms with Crippen molar-refractivity contribution in [1.82, 2.24) is 0 Å². The number of benzene rings is 3. The summed E-state index contributed by atoms with van der Waals surface area (Å²) in [6, 6.07) is 18.3. The number of carboxylic acids is 1. The molecule has 0 radical (unpaired) electrons. The molecule has 0 saturated carbocycles. The van der Waals surface area contributed by atoms with Gasteiger partial charge in [-0.25, -0.2) is 13.2 Å². The monoisotopic (exact) mass is 410 g/mol. The molecule has 3 rings (SSSR count). The molecule has 0 aromatic heterocycles. The number of rotatable bonds is 6. The number of anilines is 2. The Hall–Kier alpha value is -3.65. The summed E-state index contributed by atoms with van der Waals surface area (Å²) in [5, 5.41) is 11.7. The molecular weight excluding hydrogens is 392 g/mol. The van der Waals surface area contributed by atoms with Crippen LogP contribution in [0.2, 0.25) is 0 Å². The van der Waals surface area contributed by atoms with E-state index in [0.717, 1.165) is 5.56 Å². The van der Waals surface area contributed by atoms with Gasteiger partial charge in [-0.15, -0.1) is 0 Å². The maximum absolute atomic E-state index is 12.7. The maximum Gasteiger partial charge on any atom is 0.335 e. The van der Waals surface area contributed by atoms with Gasteiger partial charge in [-0.1, -0.05) is 35.9 Å². The minimum atomic E-state index is -3.88. The molecule has 0 spiro atoms. The van der Waals surface area contributed by atoms with Gasteiger partial charge in [-0.2, -0.15) is 0 Å². The van der Waals surface area contributed by atoms with Crippen LogP contribution >= 0.6 is 0 Å². The van der Waals surface area contributed by atoms with Gasteiger partial charge in [-0.05, 0) is 49.4 Å². The second kappa shape index (κ2) is 8.15. The van der Waals surface area contributed by atoms with E-state index >= 15 is 0 Å². The smallest absolute Gasteiger partial charge is 0.335 e. The zero-order valence-electron chi connectivity index (χ0n) is 15.4. The molecule has 0 heterocycles. The van der Waals surface area contributed by atoms with Crippen molar-refractivity contribution in [2.75, 3.05) is 10.0 Å². The topological polar surface area (TPSA) is 113 Å². The van der Waals surface area contributed by atoms with Gasteiger partial charge in [-0.3, -0.25) is 9.52 Å². The molecule has 0 aliphatic heterocycles. The molecule has 0 aliphatic carbocycles. The van der Waals surface area contributed by atoms with E-state index in [9.17, 15) is 18.0 Å². The summed E-state index contributed by atoms with van der Waals surface area (Å²) in [5.41, 5.74) is 1.44. The van der Waals surface area contributed by atoms with Gasteiger partial charge < -0.3 is 10.4 Å². The SMILES string of the molecule is Cc1ccc(S(=O)(=O)Nc2ccccc2C(=O)Nc2cccc(C(=O)O)c2)cc1. The van der Waals surface area contributed by atoms with E-state index in [0.29, 0.717) is 0 Å². The molecule has 1 amide bonds. The van der Waals surface area contributed by atoms with Gasteiger partial charge in [0.05, 0.1) is 21.7 Å². The Morgan fingerprint density at radius 1 is 0.897 bits per heavy atom. The third kappa shape index (κ3) is 4.80. The van der Waals surface area contributed by atoms with Gasteiger partial charge >= 0.3 is 5.97 Å². The summed E-state index contributed by atoms with van der Waals surface area (Å²) in [6.07, 6.45) is 0. The van der Waals surface area contributed by atoms with Crippen LogP contribution in [0.3, 0.4) is 0 Å². The molecule has 29 heavy (non-hydrogen) atoms. The van der Waals surface area contributed by atoms with Crippen LogP contribution in [0.25, 0.3) is 0 Å². The van der Waals surface area contributed by atoms with E-state index < -0.39 is 21.9 Å². The number of carboxylic acid groups (broad SMARTS) is 1. The van der Waals surface area contributed by atoms with Crippen LogP contribution in [-0.2, 0) is 10.0 Å². The van der Waals surface area contributed by atoms with Crippen molar-refractivity contribution in [2.24, 2.45) is 0 Å². The Balaban J connectivity index is 1.87. The van der Waals surface area contributed by atoms with Crippen molar-refractivity contribution in [2.45, 2.75) is 11.8 Å². The van der Waals surface area contributed by atoms with E-state index in [2.05, 4.69) is 10.0 Å². The van der Waals surface area contributed by atoms with Gasteiger partial charge in [0.25, 0.3) is 15.9 Å². The zero-order valence-corrected chi connectivity index (χ0v) is 16.2. The number of hydrogen-bond donors (Lipinski definition) is 3. The fourth-order valence-corrected chi connectivity index (χ4v) is 3.70. The Kier molecular flexibility index (Phi) is 5.65. The average molecular weight is 410 g/mol. The van der Waals surface area contributed by atoms with Crippen molar-refractivity contribution < 1.29 is 23.1 Å². The van der Waals surface area contributed by atoms with Crippen LogP contribution in [0.15, 0.2) is 77.7 Å². The first-order valence-electron chi connectivity index (χ1n) is 8.59. The molecular formula is C21H18N2O5S. The first-order valence-corrected chi connectivity index (χ1v) is 10.1. The minimum Gasteiger partial charge on any atom is -0.478 e. The highest BCUT2D eigenvalue weighted by Crippen LogP contribution is 2.22. The normalized spacial score (nSPS) is 10.9. The number of amides is 1. The lowest BCUT2D eigenvalue weighted by Gasteiger charge is -2.13. The van der Waals surface area contributed by atoms with Gasteiger partial charge in [0.2, 0.25) is 0 Å². The summed E-state index contributed by atoms with van der Waals surface area (Å²) >= 11 is 0. The quantitative estimate of drug-likeness (QED) is 0.573. The fourth-order valence-electron chi connectivity index (χ4n) is 2.62. The standard InChI is InChI=1S/C21H18N2O5S/c1-14-9-11-17(12-10-14)29(27,28)23-19-8-3-2-7-18(19)20(24)22-16-6-4-5-15(13-16)21(25)26/h2-13,23H,1H3,(H,22,24)(H,25,26). The average Bonchev–Trinajstić information content (AvgIpc) is 2.68. The Bertz CT molecular complexity index is 1170. The van der Waals surface area contributed by atoms with E-state index in [1.807, 2.05) is 6.92 Å². The fraction of sp³-hybridized carbons (Fsp3) is 0.0476. The van der Waals surface area contributed by atoms with E-state index in [1.165, 1.54) is 42.5 Å². The zero-order chi connectivity index (χ0) is 21.0. The van der Waals surface area contributed by atoms with Gasteiger partial charge in [0, 0.05) is 5.69 Å². The number of aryl methyl sites for hydroxylation is 1. The molecule has 0 atom stereocenters. The summed E-state index contributed by atoms with van der Waals surface area (Å²) in [7, 11) is -3.88.